The summed E-state index contributed by atoms with van der Waals surface area (Å²) < 4.78 is 15.4. The highest BCUT2D eigenvalue weighted by atomic mass is 16.5. The van der Waals surface area contributed by atoms with Crippen molar-refractivity contribution in [3.05, 3.63) is 17.7 Å². The fraction of sp³-hybridized carbons (Fsp3) is 0.500. The Balaban J connectivity index is 2.89. The lowest BCUT2D eigenvalue weighted by atomic mass is 10.1. The minimum Gasteiger partial charge on any atom is -0.497 e. The Labute approximate surface area is 113 Å². The average Bonchev–Trinajstić information content (AvgIpc) is 2.38. The number of benzene rings is 1. The molecule has 0 bridgehead atoms. The fourth-order valence-corrected chi connectivity index (χ4v) is 1.52. The molecule has 0 unspecified atom stereocenters. The van der Waals surface area contributed by atoms with E-state index in [9.17, 15) is 4.79 Å². The molecule has 0 aliphatic heterocycles. The Morgan fingerprint density at radius 2 is 1.95 bits per heavy atom. The number of anilines is 1. The number of rotatable bonds is 6. The molecule has 0 aliphatic rings. The van der Waals surface area contributed by atoms with Gasteiger partial charge in [-0.15, -0.1) is 0 Å². The zero-order valence-electron chi connectivity index (χ0n) is 11.9. The molecule has 1 aromatic rings. The van der Waals surface area contributed by atoms with Gasteiger partial charge in [0.1, 0.15) is 11.5 Å². The third-order valence-electron chi connectivity index (χ3n) is 2.72. The second-order valence-electron chi connectivity index (χ2n) is 4.61. The SMILES string of the molecule is COc1cc(OC)c(N)c(C(=O)OCCC(C)C)c1. The van der Waals surface area contributed by atoms with Gasteiger partial charge >= 0.3 is 5.97 Å². The lowest BCUT2D eigenvalue weighted by molar-refractivity contribution is 0.0488. The fourth-order valence-electron chi connectivity index (χ4n) is 1.52. The standard InChI is InChI=1S/C14H21NO4/c1-9(2)5-6-19-14(16)11-7-10(17-3)8-12(18-4)13(11)15/h7-9H,5-6,15H2,1-4H3. The van der Waals surface area contributed by atoms with E-state index in [0.717, 1.165) is 6.42 Å². The van der Waals surface area contributed by atoms with Gasteiger partial charge in [-0.2, -0.15) is 0 Å². The number of hydrogen-bond acceptors (Lipinski definition) is 5. The molecule has 1 rings (SSSR count). The van der Waals surface area contributed by atoms with Gasteiger partial charge in [-0.05, 0) is 18.4 Å². The Morgan fingerprint density at radius 1 is 1.26 bits per heavy atom. The minimum atomic E-state index is -0.463. The lowest BCUT2D eigenvalue weighted by Crippen LogP contribution is -2.11. The molecule has 0 radical (unpaired) electrons. The molecule has 106 valence electrons. The van der Waals surface area contributed by atoms with E-state index >= 15 is 0 Å². The third-order valence-corrected chi connectivity index (χ3v) is 2.72. The maximum atomic E-state index is 12.0. The number of methoxy groups -OCH3 is 2. The molecule has 0 amide bonds. The van der Waals surface area contributed by atoms with Crippen LogP contribution in [-0.2, 0) is 4.74 Å². The van der Waals surface area contributed by atoms with Crippen LogP contribution in [-0.4, -0.2) is 26.8 Å². The molecular weight excluding hydrogens is 246 g/mol. The van der Waals surface area contributed by atoms with Crippen LogP contribution in [0.5, 0.6) is 11.5 Å². The summed E-state index contributed by atoms with van der Waals surface area (Å²) in [6.45, 7) is 4.50. The summed E-state index contributed by atoms with van der Waals surface area (Å²) in [7, 11) is 3.00. The maximum absolute atomic E-state index is 12.0. The van der Waals surface area contributed by atoms with E-state index in [1.807, 2.05) is 0 Å². The molecule has 2 N–H and O–H groups in total. The third kappa shape index (κ3) is 4.05. The Kier molecular flexibility index (Phi) is 5.48. The van der Waals surface area contributed by atoms with Crippen LogP contribution in [0, 0.1) is 5.92 Å². The highest BCUT2D eigenvalue weighted by Gasteiger charge is 2.17. The Hall–Kier alpha value is -1.91. The van der Waals surface area contributed by atoms with E-state index in [2.05, 4.69) is 13.8 Å². The Morgan fingerprint density at radius 3 is 2.47 bits per heavy atom. The van der Waals surface area contributed by atoms with Gasteiger partial charge < -0.3 is 19.9 Å². The first-order chi connectivity index (χ1) is 8.99. The van der Waals surface area contributed by atoms with Crippen LogP contribution in [0.15, 0.2) is 12.1 Å². The van der Waals surface area contributed by atoms with E-state index in [4.69, 9.17) is 19.9 Å². The number of esters is 1. The number of carbonyl (C=O) groups excluding carboxylic acids is 1. The van der Waals surface area contributed by atoms with Crippen LogP contribution in [0.3, 0.4) is 0 Å². The van der Waals surface area contributed by atoms with Crippen LogP contribution in [0.1, 0.15) is 30.6 Å². The van der Waals surface area contributed by atoms with Crippen molar-refractivity contribution in [3.63, 3.8) is 0 Å². The molecule has 0 saturated heterocycles. The molecule has 0 spiro atoms. The van der Waals surface area contributed by atoms with Crippen molar-refractivity contribution in [2.45, 2.75) is 20.3 Å². The van der Waals surface area contributed by atoms with Gasteiger partial charge in [-0.25, -0.2) is 4.79 Å². The first-order valence-corrected chi connectivity index (χ1v) is 6.18. The summed E-state index contributed by atoms with van der Waals surface area (Å²) in [5.74, 6) is 0.914. The molecule has 0 aromatic heterocycles. The average molecular weight is 267 g/mol. The number of nitrogens with two attached hydrogens (primary N) is 1. The number of hydrogen-bond donors (Lipinski definition) is 1. The van der Waals surface area contributed by atoms with Gasteiger partial charge in [0, 0.05) is 6.07 Å². The summed E-state index contributed by atoms with van der Waals surface area (Å²) in [5.41, 5.74) is 6.39. The number of nitrogen functional groups attached to an aromatic ring is 1. The van der Waals surface area contributed by atoms with Gasteiger partial charge in [0.2, 0.25) is 0 Å². The van der Waals surface area contributed by atoms with Gasteiger partial charge in [-0.3, -0.25) is 0 Å². The lowest BCUT2D eigenvalue weighted by Gasteiger charge is -2.12. The van der Waals surface area contributed by atoms with Crippen molar-refractivity contribution in [2.24, 2.45) is 5.92 Å². The van der Waals surface area contributed by atoms with Crippen LogP contribution in [0.25, 0.3) is 0 Å². The first-order valence-electron chi connectivity index (χ1n) is 6.18. The second-order valence-corrected chi connectivity index (χ2v) is 4.61. The molecule has 0 atom stereocenters. The quantitative estimate of drug-likeness (QED) is 0.633. The molecule has 19 heavy (non-hydrogen) atoms. The number of carbonyl (C=O) groups is 1. The molecule has 0 aliphatic carbocycles. The van der Waals surface area contributed by atoms with Crippen molar-refractivity contribution in [2.75, 3.05) is 26.6 Å². The van der Waals surface area contributed by atoms with Crippen molar-refractivity contribution in [1.82, 2.24) is 0 Å². The normalized spacial score (nSPS) is 10.4. The molecular formula is C14H21NO4. The first kappa shape index (κ1) is 15.1. The molecule has 1 aromatic carbocycles. The predicted molar refractivity (Wildman–Crippen MR) is 73.7 cm³/mol. The molecule has 5 nitrogen and oxygen atoms in total. The van der Waals surface area contributed by atoms with Gasteiger partial charge in [0.25, 0.3) is 0 Å². The van der Waals surface area contributed by atoms with Gasteiger partial charge in [-0.1, -0.05) is 13.8 Å². The summed E-state index contributed by atoms with van der Waals surface area (Å²) in [5, 5.41) is 0. The molecule has 0 heterocycles. The van der Waals surface area contributed by atoms with Crippen molar-refractivity contribution in [1.29, 1.82) is 0 Å². The number of ether oxygens (including phenoxy) is 3. The summed E-state index contributed by atoms with van der Waals surface area (Å²) >= 11 is 0. The highest BCUT2D eigenvalue weighted by Crippen LogP contribution is 2.31. The molecule has 0 saturated carbocycles. The minimum absolute atomic E-state index is 0.262. The van der Waals surface area contributed by atoms with Crippen molar-refractivity contribution in [3.8, 4) is 11.5 Å². The van der Waals surface area contributed by atoms with E-state index < -0.39 is 5.97 Å². The predicted octanol–water partition coefficient (Wildman–Crippen LogP) is 2.49. The van der Waals surface area contributed by atoms with Crippen LogP contribution >= 0.6 is 0 Å². The Bertz CT molecular complexity index is 443. The van der Waals surface area contributed by atoms with E-state index in [1.54, 1.807) is 12.1 Å². The highest BCUT2D eigenvalue weighted by molar-refractivity contribution is 5.97. The van der Waals surface area contributed by atoms with Crippen molar-refractivity contribution >= 4 is 11.7 Å². The zero-order valence-corrected chi connectivity index (χ0v) is 11.9. The summed E-state index contributed by atoms with van der Waals surface area (Å²) in [4.78, 5) is 12.0. The topological polar surface area (TPSA) is 70.8 Å². The van der Waals surface area contributed by atoms with E-state index in [1.165, 1.54) is 14.2 Å². The molecule has 0 fully saturated rings. The monoisotopic (exact) mass is 267 g/mol. The van der Waals surface area contributed by atoms with Gasteiger partial charge in [0.05, 0.1) is 32.1 Å². The summed E-state index contributed by atoms with van der Waals surface area (Å²) in [6, 6.07) is 3.18. The van der Waals surface area contributed by atoms with Crippen molar-refractivity contribution < 1.29 is 19.0 Å². The zero-order chi connectivity index (χ0) is 14.4. The maximum Gasteiger partial charge on any atom is 0.340 e. The van der Waals surface area contributed by atoms with Crippen LogP contribution in [0.4, 0.5) is 5.69 Å². The van der Waals surface area contributed by atoms with E-state index in [0.29, 0.717) is 24.0 Å². The molecule has 5 heteroatoms. The van der Waals surface area contributed by atoms with Gasteiger partial charge in [0.15, 0.2) is 0 Å². The van der Waals surface area contributed by atoms with Crippen LogP contribution < -0.4 is 15.2 Å². The summed E-state index contributed by atoms with van der Waals surface area (Å²) in [6.07, 6.45) is 0.812. The van der Waals surface area contributed by atoms with E-state index in [-0.39, 0.29) is 11.3 Å². The second kappa shape index (κ2) is 6.87. The van der Waals surface area contributed by atoms with Crippen LogP contribution in [0.2, 0.25) is 0 Å². The largest absolute Gasteiger partial charge is 0.497 e. The smallest absolute Gasteiger partial charge is 0.340 e.